The Morgan fingerprint density at radius 2 is 1.61 bits per heavy atom. The summed E-state index contributed by atoms with van der Waals surface area (Å²) in [5.74, 6) is -1.18. The Balaban J connectivity index is 2.53. The fraction of sp³-hybridized carbons (Fsp3) is 0.579. The highest BCUT2D eigenvalue weighted by Crippen LogP contribution is 2.22. The Bertz CT molecular complexity index is 516. The first-order valence-electron chi connectivity index (χ1n) is 8.07. The maximum Gasteiger partial charge on any atom is 0.309 e. The molecular formula is C19H28O4. The van der Waals surface area contributed by atoms with Crippen molar-refractivity contribution in [3.05, 3.63) is 35.9 Å². The Morgan fingerprint density at radius 3 is 2.13 bits per heavy atom. The molecule has 0 aliphatic heterocycles. The van der Waals surface area contributed by atoms with Gasteiger partial charge in [0.2, 0.25) is 0 Å². The van der Waals surface area contributed by atoms with Gasteiger partial charge in [0, 0.05) is 5.92 Å². The van der Waals surface area contributed by atoms with E-state index in [0.717, 1.165) is 5.56 Å². The monoisotopic (exact) mass is 320 g/mol. The molecule has 1 aromatic rings. The van der Waals surface area contributed by atoms with Crippen molar-refractivity contribution in [2.45, 2.75) is 65.6 Å². The number of carbonyl (C=O) groups is 2. The standard InChI is InChI=1S/C19H28O4/c1-13(12-17(20)23-19(4,5)6)18(21)22-15(3)14(2)16-10-8-7-9-11-16/h7-11,13-15H,12H2,1-6H3/t13-,14-,15+/m1/s1. The lowest BCUT2D eigenvalue weighted by molar-refractivity contribution is -0.163. The van der Waals surface area contributed by atoms with E-state index in [1.54, 1.807) is 27.7 Å². The molecule has 0 amide bonds. The summed E-state index contributed by atoms with van der Waals surface area (Å²) in [5, 5.41) is 0. The van der Waals surface area contributed by atoms with Crippen LogP contribution in [0.25, 0.3) is 0 Å². The second-order valence-corrected chi connectivity index (χ2v) is 7.03. The lowest BCUT2D eigenvalue weighted by Crippen LogP contribution is -2.29. The second-order valence-electron chi connectivity index (χ2n) is 7.03. The van der Waals surface area contributed by atoms with E-state index in [2.05, 4.69) is 0 Å². The minimum atomic E-state index is -0.546. The third-order valence-electron chi connectivity index (χ3n) is 3.63. The van der Waals surface area contributed by atoms with Crippen LogP contribution in [0.5, 0.6) is 0 Å². The van der Waals surface area contributed by atoms with Crippen LogP contribution in [0.2, 0.25) is 0 Å². The van der Waals surface area contributed by atoms with Crippen molar-refractivity contribution in [3.63, 3.8) is 0 Å². The summed E-state index contributed by atoms with van der Waals surface area (Å²) < 4.78 is 10.7. The average Bonchev–Trinajstić information content (AvgIpc) is 2.45. The van der Waals surface area contributed by atoms with Gasteiger partial charge >= 0.3 is 11.9 Å². The molecule has 0 unspecified atom stereocenters. The normalized spacial score (nSPS) is 15.4. The highest BCUT2D eigenvalue weighted by molar-refractivity contribution is 5.79. The predicted octanol–water partition coefficient (Wildman–Crippen LogP) is 4.09. The molecule has 1 aromatic carbocycles. The topological polar surface area (TPSA) is 52.6 Å². The smallest absolute Gasteiger partial charge is 0.309 e. The first-order chi connectivity index (χ1) is 10.6. The van der Waals surface area contributed by atoms with E-state index in [-0.39, 0.29) is 30.4 Å². The zero-order valence-electron chi connectivity index (χ0n) is 15.0. The number of ether oxygens (including phenoxy) is 2. The SMILES string of the molecule is C[C@H](CC(=O)OC(C)(C)C)C(=O)O[C@@H](C)[C@@H](C)c1ccccc1. The highest BCUT2D eigenvalue weighted by atomic mass is 16.6. The molecule has 0 fully saturated rings. The van der Waals surface area contributed by atoms with E-state index >= 15 is 0 Å². The molecule has 0 aliphatic carbocycles. The number of rotatable bonds is 6. The van der Waals surface area contributed by atoms with E-state index in [9.17, 15) is 9.59 Å². The van der Waals surface area contributed by atoms with Crippen LogP contribution < -0.4 is 0 Å². The third-order valence-corrected chi connectivity index (χ3v) is 3.63. The van der Waals surface area contributed by atoms with Gasteiger partial charge in [0.25, 0.3) is 0 Å². The maximum absolute atomic E-state index is 12.2. The lowest BCUT2D eigenvalue weighted by atomic mass is 9.96. The largest absolute Gasteiger partial charge is 0.462 e. The second kappa shape index (κ2) is 8.14. The minimum Gasteiger partial charge on any atom is -0.462 e. The molecule has 1 rings (SSSR count). The fourth-order valence-electron chi connectivity index (χ4n) is 2.15. The van der Waals surface area contributed by atoms with Gasteiger partial charge in [-0.05, 0) is 33.3 Å². The van der Waals surface area contributed by atoms with Crippen molar-refractivity contribution in [2.24, 2.45) is 5.92 Å². The van der Waals surface area contributed by atoms with E-state index in [1.165, 1.54) is 0 Å². The molecular weight excluding hydrogens is 292 g/mol. The molecule has 4 nitrogen and oxygen atoms in total. The summed E-state index contributed by atoms with van der Waals surface area (Å²) in [6, 6.07) is 9.91. The van der Waals surface area contributed by atoms with Gasteiger partial charge in [0.05, 0.1) is 12.3 Å². The van der Waals surface area contributed by atoms with Crippen molar-refractivity contribution >= 4 is 11.9 Å². The Hall–Kier alpha value is -1.84. The molecule has 4 heteroatoms. The summed E-state index contributed by atoms with van der Waals surface area (Å²) in [7, 11) is 0. The van der Waals surface area contributed by atoms with Crippen LogP contribution in [0, 0.1) is 5.92 Å². The molecule has 0 spiro atoms. The van der Waals surface area contributed by atoms with Gasteiger partial charge < -0.3 is 9.47 Å². The molecule has 3 atom stereocenters. The molecule has 23 heavy (non-hydrogen) atoms. The zero-order chi connectivity index (χ0) is 17.6. The number of hydrogen-bond acceptors (Lipinski definition) is 4. The van der Waals surface area contributed by atoms with Crippen LogP contribution in [0.15, 0.2) is 30.3 Å². The van der Waals surface area contributed by atoms with Gasteiger partial charge in [-0.2, -0.15) is 0 Å². The third kappa shape index (κ3) is 6.85. The van der Waals surface area contributed by atoms with Crippen molar-refractivity contribution in [1.82, 2.24) is 0 Å². The van der Waals surface area contributed by atoms with Crippen molar-refractivity contribution in [2.75, 3.05) is 0 Å². The molecule has 0 aromatic heterocycles. The highest BCUT2D eigenvalue weighted by Gasteiger charge is 2.26. The summed E-state index contributed by atoms with van der Waals surface area (Å²) in [6.45, 7) is 11.0. The van der Waals surface area contributed by atoms with Crippen molar-refractivity contribution < 1.29 is 19.1 Å². The summed E-state index contributed by atoms with van der Waals surface area (Å²) in [5.41, 5.74) is 0.572. The Morgan fingerprint density at radius 1 is 1.04 bits per heavy atom. The van der Waals surface area contributed by atoms with Gasteiger partial charge in [0.1, 0.15) is 11.7 Å². The van der Waals surface area contributed by atoms with E-state index < -0.39 is 11.5 Å². The van der Waals surface area contributed by atoms with Crippen LogP contribution in [-0.2, 0) is 19.1 Å². The van der Waals surface area contributed by atoms with E-state index in [1.807, 2.05) is 44.2 Å². The van der Waals surface area contributed by atoms with Gasteiger partial charge in [-0.15, -0.1) is 0 Å². The first kappa shape index (κ1) is 19.2. The molecule has 0 heterocycles. The number of esters is 2. The van der Waals surface area contributed by atoms with E-state index in [0.29, 0.717) is 0 Å². The van der Waals surface area contributed by atoms with E-state index in [4.69, 9.17) is 9.47 Å². The van der Waals surface area contributed by atoms with Gasteiger partial charge in [-0.3, -0.25) is 9.59 Å². The van der Waals surface area contributed by atoms with Crippen LogP contribution in [-0.4, -0.2) is 23.6 Å². The molecule has 0 aliphatic rings. The summed E-state index contributed by atoms with van der Waals surface area (Å²) in [4.78, 5) is 23.9. The lowest BCUT2D eigenvalue weighted by Gasteiger charge is -2.23. The predicted molar refractivity (Wildman–Crippen MR) is 90.0 cm³/mol. The number of benzene rings is 1. The van der Waals surface area contributed by atoms with Crippen molar-refractivity contribution in [1.29, 1.82) is 0 Å². The zero-order valence-corrected chi connectivity index (χ0v) is 15.0. The molecule has 0 N–H and O–H groups in total. The minimum absolute atomic E-state index is 0.0303. The van der Waals surface area contributed by atoms with Crippen LogP contribution in [0.1, 0.15) is 59.4 Å². The average molecular weight is 320 g/mol. The fourth-order valence-corrected chi connectivity index (χ4v) is 2.15. The molecule has 128 valence electrons. The number of carbonyl (C=O) groups excluding carboxylic acids is 2. The molecule has 0 saturated carbocycles. The molecule has 0 radical (unpaired) electrons. The van der Waals surface area contributed by atoms with Crippen LogP contribution in [0.3, 0.4) is 0 Å². The van der Waals surface area contributed by atoms with Gasteiger partial charge in [0.15, 0.2) is 0 Å². The first-order valence-corrected chi connectivity index (χ1v) is 8.07. The number of hydrogen-bond donors (Lipinski definition) is 0. The van der Waals surface area contributed by atoms with Gasteiger partial charge in [-0.25, -0.2) is 0 Å². The van der Waals surface area contributed by atoms with Crippen LogP contribution >= 0.6 is 0 Å². The van der Waals surface area contributed by atoms with Crippen LogP contribution in [0.4, 0.5) is 0 Å². The molecule has 0 bridgehead atoms. The Labute approximate surface area is 139 Å². The van der Waals surface area contributed by atoms with Crippen molar-refractivity contribution in [3.8, 4) is 0 Å². The van der Waals surface area contributed by atoms with Gasteiger partial charge in [-0.1, -0.05) is 44.2 Å². The quantitative estimate of drug-likeness (QED) is 0.741. The maximum atomic E-state index is 12.2. The summed E-state index contributed by atoms with van der Waals surface area (Å²) in [6.07, 6.45) is -0.228. The molecule has 0 saturated heterocycles. The summed E-state index contributed by atoms with van der Waals surface area (Å²) >= 11 is 0. The Kier molecular flexibility index (Phi) is 6.79.